The number of aliphatic carboxylic acids is 1. The summed E-state index contributed by atoms with van der Waals surface area (Å²) in [6, 6.07) is 8.83. The minimum atomic E-state index is -3.58. The monoisotopic (exact) mass is 270 g/mol. The van der Waals surface area contributed by atoms with Gasteiger partial charge in [-0.3, -0.25) is 4.79 Å². The minimum Gasteiger partial charge on any atom is -0.480 e. The number of carbonyl (C=O) groups is 1. The lowest BCUT2D eigenvalue weighted by atomic mass is 10.1. The average molecular weight is 270 g/mol. The molecule has 100 valence electrons. The lowest BCUT2D eigenvalue weighted by Gasteiger charge is -2.13. The van der Waals surface area contributed by atoms with Crippen LogP contribution in [0.1, 0.15) is 25.3 Å². The van der Waals surface area contributed by atoms with Gasteiger partial charge < -0.3 is 5.11 Å². The summed E-state index contributed by atoms with van der Waals surface area (Å²) in [7, 11) is -3.58. The van der Waals surface area contributed by atoms with Gasteiger partial charge >= 0.3 is 5.97 Å². The number of hydrogen-bond donors (Lipinski definition) is 1. The zero-order valence-electron chi connectivity index (χ0n) is 10.4. The van der Waals surface area contributed by atoms with Gasteiger partial charge in [-0.05, 0) is 18.4 Å². The van der Waals surface area contributed by atoms with Crippen LogP contribution in [0.5, 0.6) is 0 Å². The van der Waals surface area contributed by atoms with E-state index in [1.54, 1.807) is 24.3 Å². The van der Waals surface area contributed by atoms with Gasteiger partial charge in [0.1, 0.15) is 0 Å². The highest BCUT2D eigenvalue weighted by Gasteiger charge is 2.31. The zero-order chi connectivity index (χ0) is 13.6. The number of carboxylic acid groups (broad SMARTS) is 1. The third-order valence-electron chi connectivity index (χ3n) is 2.76. The molecule has 5 heteroatoms. The first-order valence-corrected chi connectivity index (χ1v) is 7.67. The van der Waals surface area contributed by atoms with Crippen LogP contribution < -0.4 is 0 Å². The van der Waals surface area contributed by atoms with E-state index in [9.17, 15) is 13.2 Å². The van der Waals surface area contributed by atoms with Gasteiger partial charge in [0.25, 0.3) is 0 Å². The lowest BCUT2D eigenvalue weighted by Crippen LogP contribution is -2.34. The van der Waals surface area contributed by atoms with Crippen molar-refractivity contribution in [3.05, 3.63) is 35.9 Å². The predicted octanol–water partition coefficient (Wildman–Crippen LogP) is 1.90. The van der Waals surface area contributed by atoms with Crippen LogP contribution in [0.15, 0.2) is 30.3 Å². The van der Waals surface area contributed by atoms with Crippen LogP contribution in [0.25, 0.3) is 0 Å². The van der Waals surface area contributed by atoms with Gasteiger partial charge in [-0.15, -0.1) is 0 Å². The Morgan fingerprint density at radius 1 is 1.28 bits per heavy atom. The minimum absolute atomic E-state index is 0.0300. The van der Waals surface area contributed by atoms with Gasteiger partial charge in [0.15, 0.2) is 15.1 Å². The van der Waals surface area contributed by atoms with Crippen molar-refractivity contribution < 1.29 is 18.3 Å². The molecule has 0 bridgehead atoms. The molecule has 18 heavy (non-hydrogen) atoms. The van der Waals surface area contributed by atoms with Crippen LogP contribution in [0, 0.1) is 0 Å². The van der Waals surface area contributed by atoms with Crippen LogP contribution >= 0.6 is 0 Å². The van der Waals surface area contributed by atoms with E-state index in [1.165, 1.54) is 0 Å². The first-order chi connectivity index (χ1) is 8.47. The number of rotatable bonds is 7. The molecule has 0 aliphatic carbocycles. The van der Waals surface area contributed by atoms with Crippen LogP contribution in [0.2, 0.25) is 0 Å². The molecule has 1 rings (SSSR count). The second-order valence-electron chi connectivity index (χ2n) is 4.24. The maximum absolute atomic E-state index is 12.0. The third kappa shape index (κ3) is 4.14. The van der Waals surface area contributed by atoms with E-state index in [4.69, 9.17) is 5.11 Å². The van der Waals surface area contributed by atoms with Crippen molar-refractivity contribution in [2.45, 2.75) is 31.4 Å². The molecule has 0 saturated carbocycles. The molecule has 0 aliphatic heterocycles. The molecule has 0 aromatic heterocycles. The topological polar surface area (TPSA) is 71.4 Å². The number of hydrogen-bond acceptors (Lipinski definition) is 3. The zero-order valence-corrected chi connectivity index (χ0v) is 11.2. The normalized spacial score (nSPS) is 13.2. The van der Waals surface area contributed by atoms with Crippen molar-refractivity contribution in [3.63, 3.8) is 0 Å². The van der Waals surface area contributed by atoms with E-state index in [1.807, 2.05) is 13.0 Å². The smallest absolute Gasteiger partial charge is 0.322 e. The summed E-state index contributed by atoms with van der Waals surface area (Å²) in [5.74, 6) is -1.33. The maximum atomic E-state index is 12.0. The van der Waals surface area contributed by atoms with E-state index in [-0.39, 0.29) is 12.2 Å². The molecule has 0 heterocycles. The molecular formula is C13H18O4S. The summed E-state index contributed by atoms with van der Waals surface area (Å²) in [4.78, 5) is 11.1. The lowest BCUT2D eigenvalue weighted by molar-refractivity contribution is -0.136. The summed E-state index contributed by atoms with van der Waals surface area (Å²) in [5, 5.41) is 7.75. The molecule has 0 aliphatic rings. The summed E-state index contributed by atoms with van der Waals surface area (Å²) < 4.78 is 23.9. The molecule has 1 aromatic rings. The second kappa shape index (κ2) is 6.54. The largest absolute Gasteiger partial charge is 0.480 e. The highest BCUT2D eigenvalue weighted by atomic mass is 32.2. The average Bonchev–Trinajstić information content (AvgIpc) is 2.34. The highest BCUT2D eigenvalue weighted by Crippen LogP contribution is 2.13. The van der Waals surface area contributed by atoms with Gasteiger partial charge in [-0.25, -0.2) is 8.42 Å². The predicted molar refractivity (Wildman–Crippen MR) is 70.3 cm³/mol. The van der Waals surface area contributed by atoms with Crippen LogP contribution in [-0.2, 0) is 21.1 Å². The fraction of sp³-hybridized carbons (Fsp3) is 0.462. The molecule has 0 fully saturated rings. The number of carboxylic acids is 1. The van der Waals surface area contributed by atoms with E-state index in [0.29, 0.717) is 6.42 Å². The Labute approximate surface area is 108 Å². The summed E-state index contributed by atoms with van der Waals surface area (Å²) >= 11 is 0. The van der Waals surface area contributed by atoms with Gasteiger partial charge in [0, 0.05) is 0 Å². The molecule has 1 atom stereocenters. The molecule has 1 aromatic carbocycles. The number of sulfone groups is 1. The van der Waals surface area contributed by atoms with Crippen molar-refractivity contribution in [1.29, 1.82) is 0 Å². The number of benzene rings is 1. The second-order valence-corrected chi connectivity index (χ2v) is 6.54. The van der Waals surface area contributed by atoms with Crippen molar-refractivity contribution in [2.24, 2.45) is 0 Å². The Morgan fingerprint density at radius 3 is 2.39 bits per heavy atom. The summed E-state index contributed by atoms with van der Waals surface area (Å²) in [6.45, 7) is 1.88. The summed E-state index contributed by atoms with van der Waals surface area (Å²) in [6.07, 6.45) is 1.26. The Kier molecular flexibility index (Phi) is 5.34. The van der Waals surface area contributed by atoms with Crippen molar-refractivity contribution in [2.75, 3.05) is 5.75 Å². The van der Waals surface area contributed by atoms with Crippen LogP contribution in [-0.4, -0.2) is 30.5 Å². The van der Waals surface area contributed by atoms with Gasteiger partial charge in [-0.1, -0.05) is 43.7 Å². The van der Waals surface area contributed by atoms with Crippen LogP contribution in [0.4, 0.5) is 0 Å². The molecule has 0 spiro atoms. The maximum Gasteiger partial charge on any atom is 0.322 e. The van der Waals surface area contributed by atoms with Crippen molar-refractivity contribution in [3.8, 4) is 0 Å². The fourth-order valence-electron chi connectivity index (χ4n) is 1.68. The Hall–Kier alpha value is -1.36. The van der Waals surface area contributed by atoms with Gasteiger partial charge in [0.2, 0.25) is 0 Å². The Bertz CT molecular complexity index is 479. The molecule has 4 nitrogen and oxygen atoms in total. The molecule has 0 amide bonds. The molecule has 0 saturated heterocycles. The molecule has 1 unspecified atom stereocenters. The van der Waals surface area contributed by atoms with Crippen molar-refractivity contribution in [1.82, 2.24) is 0 Å². The fourth-order valence-corrected chi connectivity index (χ4v) is 3.41. The molecule has 1 N–H and O–H groups in total. The SMILES string of the molecule is CCCCS(=O)(=O)C(Cc1ccccc1)C(=O)O. The van der Waals surface area contributed by atoms with E-state index in [0.717, 1.165) is 12.0 Å². The van der Waals surface area contributed by atoms with E-state index >= 15 is 0 Å². The highest BCUT2D eigenvalue weighted by molar-refractivity contribution is 7.92. The summed E-state index contributed by atoms with van der Waals surface area (Å²) in [5.41, 5.74) is 0.727. The molecular weight excluding hydrogens is 252 g/mol. The standard InChI is InChI=1S/C13H18O4S/c1-2-3-9-18(16,17)12(13(14)15)10-11-7-5-4-6-8-11/h4-8,12H,2-3,9-10H2,1H3,(H,14,15). The van der Waals surface area contributed by atoms with E-state index in [2.05, 4.69) is 0 Å². The Morgan fingerprint density at radius 2 is 1.89 bits per heavy atom. The quantitative estimate of drug-likeness (QED) is 0.821. The molecule has 0 radical (unpaired) electrons. The third-order valence-corrected chi connectivity index (χ3v) is 4.85. The van der Waals surface area contributed by atoms with E-state index < -0.39 is 21.1 Å². The van der Waals surface area contributed by atoms with Gasteiger partial charge in [-0.2, -0.15) is 0 Å². The van der Waals surface area contributed by atoms with Gasteiger partial charge in [0.05, 0.1) is 5.75 Å². The number of unbranched alkanes of at least 4 members (excludes halogenated alkanes) is 1. The Balaban J connectivity index is 2.87. The first kappa shape index (κ1) is 14.7. The van der Waals surface area contributed by atoms with Crippen LogP contribution in [0.3, 0.4) is 0 Å². The van der Waals surface area contributed by atoms with Crippen molar-refractivity contribution >= 4 is 15.8 Å². The first-order valence-electron chi connectivity index (χ1n) is 5.95.